The first kappa shape index (κ1) is 23.6. The van der Waals surface area contributed by atoms with Crippen molar-refractivity contribution in [2.45, 2.75) is 13.5 Å². The molecule has 0 spiro atoms. The highest BCUT2D eigenvalue weighted by Crippen LogP contribution is 2.23. The lowest BCUT2D eigenvalue weighted by Crippen LogP contribution is -2.18. The summed E-state index contributed by atoms with van der Waals surface area (Å²) in [5.41, 5.74) is 7.26. The van der Waals surface area contributed by atoms with Crippen LogP contribution in [0.1, 0.15) is 27.2 Å². The van der Waals surface area contributed by atoms with E-state index in [9.17, 15) is 4.79 Å². The molecule has 178 valence electrons. The van der Waals surface area contributed by atoms with E-state index in [1.54, 1.807) is 38.5 Å². The van der Waals surface area contributed by atoms with E-state index in [4.69, 9.17) is 14.2 Å². The zero-order chi connectivity index (χ0) is 24.6. The van der Waals surface area contributed by atoms with Crippen LogP contribution in [0.25, 0.3) is 11.3 Å². The number of aromatic nitrogens is 2. The van der Waals surface area contributed by atoms with Gasteiger partial charge in [0.1, 0.15) is 29.5 Å². The van der Waals surface area contributed by atoms with Crippen molar-refractivity contribution in [1.82, 2.24) is 15.6 Å². The Morgan fingerprint density at radius 2 is 1.71 bits per heavy atom. The topological polar surface area (TPSA) is 97.8 Å². The average Bonchev–Trinajstić information content (AvgIpc) is 3.39. The molecule has 4 aromatic rings. The number of hydrazone groups is 1. The monoisotopic (exact) mass is 470 g/mol. The van der Waals surface area contributed by atoms with Crippen LogP contribution in [0.4, 0.5) is 0 Å². The molecular weight excluding hydrogens is 444 g/mol. The summed E-state index contributed by atoms with van der Waals surface area (Å²) < 4.78 is 16.4. The summed E-state index contributed by atoms with van der Waals surface area (Å²) in [7, 11) is 3.14. The van der Waals surface area contributed by atoms with Crippen molar-refractivity contribution in [2.24, 2.45) is 5.10 Å². The Morgan fingerprint density at radius 1 is 0.971 bits per heavy atom. The van der Waals surface area contributed by atoms with Gasteiger partial charge in [-0.2, -0.15) is 10.2 Å². The minimum Gasteiger partial charge on any atom is -0.497 e. The summed E-state index contributed by atoms with van der Waals surface area (Å²) in [4.78, 5) is 12.5. The third-order valence-corrected chi connectivity index (χ3v) is 5.31. The first-order valence-electron chi connectivity index (χ1n) is 11.0. The molecule has 3 aromatic carbocycles. The number of amides is 1. The molecule has 8 nitrogen and oxygen atoms in total. The Balaban J connectivity index is 1.35. The van der Waals surface area contributed by atoms with Crippen molar-refractivity contribution in [2.75, 3.05) is 14.2 Å². The summed E-state index contributed by atoms with van der Waals surface area (Å²) in [5, 5.41) is 11.0. The van der Waals surface area contributed by atoms with Gasteiger partial charge in [0.05, 0.1) is 26.1 Å². The van der Waals surface area contributed by atoms with Crippen LogP contribution in [0.2, 0.25) is 0 Å². The van der Waals surface area contributed by atoms with Gasteiger partial charge < -0.3 is 14.2 Å². The largest absolute Gasteiger partial charge is 0.497 e. The summed E-state index contributed by atoms with van der Waals surface area (Å²) in [6.07, 6.45) is 1.49. The Hall–Kier alpha value is -4.59. The maximum Gasteiger partial charge on any atom is 0.289 e. The third kappa shape index (κ3) is 6.05. The van der Waals surface area contributed by atoms with Gasteiger partial charge in [0.2, 0.25) is 0 Å². The lowest BCUT2D eigenvalue weighted by molar-refractivity contribution is 0.0950. The zero-order valence-corrected chi connectivity index (χ0v) is 19.7. The maximum absolute atomic E-state index is 12.5. The number of ether oxygens (including phenoxy) is 3. The number of aromatic amines is 1. The Kier molecular flexibility index (Phi) is 7.42. The lowest BCUT2D eigenvalue weighted by atomic mass is 10.1. The molecule has 0 atom stereocenters. The van der Waals surface area contributed by atoms with Crippen LogP contribution in [-0.2, 0) is 6.61 Å². The molecule has 0 aliphatic heterocycles. The predicted octanol–water partition coefficient (Wildman–Crippen LogP) is 4.75. The third-order valence-electron chi connectivity index (χ3n) is 5.31. The molecule has 0 unspecified atom stereocenters. The fraction of sp³-hybridized carbons (Fsp3) is 0.148. The Labute approximate surface area is 203 Å². The van der Waals surface area contributed by atoms with Gasteiger partial charge in [-0.15, -0.1) is 0 Å². The molecule has 1 heterocycles. The number of benzene rings is 3. The van der Waals surface area contributed by atoms with Crippen molar-refractivity contribution in [3.05, 3.63) is 95.2 Å². The fourth-order valence-corrected chi connectivity index (χ4v) is 3.32. The van der Waals surface area contributed by atoms with E-state index >= 15 is 0 Å². The molecule has 0 radical (unpaired) electrons. The number of H-pyrrole nitrogens is 1. The molecule has 0 saturated heterocycles. The Morgan fingerprint density at radius 3 is 2.43 bits per heavy atom. The molecule has 0 aliphatic carbocycles. The van der Waals surface area contributed by atoms with E-state index < -0.39 is 5.91 Å². The standard InChI is InChI=1S/C27H26N4O4/c1-18-4-6-19(7-5-18)17-35-22-10-8-20(9-11-22)24-15-25(30-29-24)27(32)31-28-16-21-14-23(33-2)12-13-26(21)34-3/h4-16H,17H2,1-3H3,(H,29,30)(H,31,32)/b28-16+. The smallest absolute Gasteiger partial charge is 0.289 e. The second kappa shape index (κ2) is 11.0. The molecule has 0 aliphatic rings. The van der Waals surface area contributed by atoms with E-state index in [0.717, 1.165) is 16.9 Å². The molecule has 1 aromatic heterocycles. The van der Waals surface area contributed by atoms with E-state index in [2.05, 4.69) is 51.9 Å². The number of nitrogens with one attached hydrogen (secondary N) is 2. The summed E-state index contributed by atoms with van der Waals surface area (Å²) in [5.74, 6) is 1.60. The van der Waals surface area contributed by atoms with Gasteiger partial charge >= 0.3 is 0 Å². The highest BCUT2D eigenvalue weighted by atomic mass is 16.5. The molecule has 35 heavy (non-hydrogen) atoms. The maximum atomic E-state index is 12.5. The number of carbonyl (C=O) groups is 1. The number of hydrogen-bond donors (Lipinski definition) is 2. The number of nitrogens with zero attached hydrogens (tertiary/aromatic N) is 2. The normalized spacial score (nSPS) is 10.8. The second-order valence-electron chi connectivity index (χ2n) is 7.77. The zero-order valence-electron chi connectivity index (χ0n) is 19.7. The molecular formula is C27H26N4O4. The van der Waals surface area contributed by atoms with Gasteiger partial charge in [0.15, 0.2) is 0 Å². The second-order valence-corrected chi connectivity index (χ2v) is 7.77. The molecule has 0 saturated carbocycles. The van der Waals surface area contributed by atoms with Gasteiger partial charge in [0.25, 0.3) is 5.91 Å². The van der Waals surface area contributed by atoms with Crippen molar-refractivity contribution >= 4 is 12.1 Å². The molecule has 2 N–H and O–H groups in total. The minimum absolute atomic E-state index is 0.287. The summed E-state index contributed by atoms with van der Waals surface area (Å²) in [6, 6.07) is 22.8. The van der Waals surface area contributed by atoms with Gasteiger partial charge in [-0.3, -0.25) is 9.89 Å². The molecule has 4 rings (SSSR count). The minimum atomic E-state index is -0.417. The molecule has 0 fully saturated rings. The highest BCUT2D eigenvalue weighted by molar-refractivity contribution is 5.94. The number of hydrogen-bond acceptors (Lipinski definition) is 6. The molecule has 8 heteroatoms. The van der Waals surface area contributed by atoms with E-state index in [1.165, 1.54) is 11.8 Å². The first-order chi connectivity index (χ1) is 17.1. The van der Waals surface area contributed by atoms with Crippen LogP contribution in [0.3, 0.4) is 0 Å². The van der Waals surface area contributed by atoms with Crippen LogP contribution in [0.15, 0.2) is 77.9 Å². The molecule has 0 bridgehead atoms. The number of carbonyl (C=O) groups excluding carboxylic acids is 1. The number of rotatable bonds is 9. The van der Waals surface area contributed by atoms with Crippen LogP contribution >= 0.6 is 0 Å². The number of methoxy groups -OCH3 is 2. The fourth-order valence-electron chi connectivity index (χ4n) is 3.32. The van der Waals surface area contributed by atoms with E-state index in [0.29, 0.717) is 29.4 Å². The van der Waals surface area contributed by atoms with E-state index in [-0.39, 0.29) is 5.69 Å². The summed E-state index contributed by atoms with van der Waals surface area (Å²) in [6.45, 7) is 2.55. The van der Waals surface area contributed by atoms with Crippen LogP contribution < -0.4 is 19.6 Å². The van der Waals surface area contributed by atoms with Crippen LogP contribution in [0.5, 0.6) is 17.2 Å². The van der Waals surface area contributed by atoms with Crippen molar-refractivity contribution < 1.29 is 19.0 Å². The lowest BCUT2D eigenvalue weighted by Gasteiger charge is -2.07. The molecule has 1 amide bonds. The van der Waals surface area contributed by atoms with Crippen molar-refractivity contribution in [3.8, 4) is 28.5 Å². The van der Waals surface area contributed by atoms with Crippen LogP contribution in [-0.4, -0.2) is 36.5 Å². The highest BCUT2D eigenvalue weighted by Gasteiger charge is 2.11. The van der Waals surface area contributed by atoms with Crippen LogP contribution in [0, 0.1) is 6.92 Å². The first-order valence-corrected chi connectivity index (χ1v) is 11.0. The Bertz CT molecular complexity index is 1310. The van der Waals surface area contributed by atoms with Gasteiger partial charge in [-0.1, -0.05) is 29.8 Å². The van der Waals surface area contributed by atoms with E-state index in [1.807, 2.05) is 24.3 Å². The average molecular weight is 471 g/mol. The predicted molar refractivity (Wildman–Crippen MR) is 134 cm³/mol. The quantitative estimate of drug-likeness (QED) is 0.272. The SMILES string of the molecule is COc1ccc(OC)c(/C=N/NC(=O)c2cc(-c3ccc(OCc4ccc(C)cc4)cc3)n[nH]2)c1. The van der Waals surface area contributed by atoms with Gasteiger partial charge in [-0.05, 0) is 61.0 Å². The van der Waals surface area contributed by atoms with Gasteiger partial charge in [-0.25, -0.2) is 5.43 Å². The van der Waals surface area contributed by atoms with Crippen molar-refractivity contribution in [1.29, 1.82) is 0 Å². The van der Waals surface area contributed by atoms with Crippen molar-refractivity contribution in [3.63, 3.8) is 0 Å². The summed E-state index contributed by atoms with van der Waals surface area (Å²) >= 11 is 0. The van der Waals surface area contributed by atoms with Gasteiger partial charge in [0, 0.05) is 11.1 Å². The number of aryl methyl sites for hydroxylation is 1.